The van der Waals surface area contributed by atoms with Crippen LogP contribution < -0.4 is 5.32 Å². The van der Waals surface area contributed by atoms with Crippen molar-refractivity contribution in [2.75, 3.05) is 11.9 Å². The predicted octanol–water partition coefficient (Wildman–Crippen LogP) is 9.17. The molecular formula is C28H31Cl3N2O. The van der Waals surface area contributed by atoms with Crippen LogP contribution >= 0.6 is 34.8 Å². The van der Waals surface area contributed by atoms with E-state index in [9.17, 15) is 4.79 Å². The third kappa shape index (κ3) is 6.91. The first-order chi connectivity index (χ1) is 16.2. The molecular weight excluding hydrogens is 487 g/mol. The van der Waals surface area contributed by atoms with Crippen molar-refractivity contribution in [3.63, 3.8) is 0 Å². The zero-order valence-electron chi connectivity index (χ0n) is 20.0. The number of amides is 2. The molecule has 3 nitrogen and oxygen atoms in total. The van der Waals surface area contributed by atoms with Crippen LogP contribution in [-0.2, 0) is 13.0 Å². The maximum Gasteiger partial charge on any atom is 0.322 e. The second-order valence-electron chi connectivity index (χ2n) is 9.08. The highest BCUT2D eigenvalue weighted by Crippen LogP contribution is 2.33. The van der Waals surface area contributed by atoms with Gasteiger partial charge in [-0.3, -0.25) is 0 Å². The van der Waals surface area contributed by atoms with Crippen molar-refractivity contribution in [1.82, 2.24) is 4.90 Å². The van der Waals surface area contributed by atoms with Crippen LogP contribution in [0.25, 0.3) is 0 Å². The fraction of sp³-hybridized carbons (Fsp3) is 0.321. The number of anilines is 1. The molecule has 0 aliphatic carbocycles. The number of rotatable bonds is 8. The number of para-hydroxylation sites is 1. The number of nitrogens with zero attached hydrogens (tertiary/aromatic N) is 1. The number of carbonyl (C=O) groups excluding carboxylic acids is 1. The van der Waals surface area contributed by atoms with Gasteiger partial charge in [0.05, 0.1) is 0 Å². The van der Waals surface area contributed by atoms with Gasteiger partial charge in [0, 0.05) is 33.8 Å². The van der Waals surface area contributed by atoms with Gasteiger partial charge in [-0.25, -0.2) is 4.79 Å². The number of benzene rings is 3. The van der Waals surface area contributed by atoms with E-state index in [1.807, 2.05) is 41.3 Å². The molecule has 3 rings (SSSR count). The summed E-state index contributed by atoms with van der Waals surface area (Å²) < 4.78 is 0. The normalized spacial score (nSPS) is 11.2. The Morgan fingerprint density at radius 2 is 1.44 bits per heavy atom. The van der Waals surface area contributed by atoms with Gasteiger partial charge in [0.2, 0.25) is 0 Å². The summed E-state index contributed by atoms with van der Waals surface area (Å²) in [6, 6.07) is 19.1. The largest absolute Gasteiger partial charge is 0.322 e. The summed E-state index contributed by atoms with van der Waals surface area (Å²) in [5.41, 5.74) is 5.12. The Morgan fingerprint density at radius 1 is 0.853 bits per heavy atom. The zero-order chi connectivity index (χ0) is 24.8. The predicted molar refractivity (Wildman–Crippen MR) is 146 cm³/mol. The highest BCUT2D eigenvalue weighted by Gasteiger charge is 2.20. The molecule has 0 atom stereocenters. The van der Waals surface area contributed by atoms with E-state index in [0.29, 0.717) is 34.6 Å². The minimum atomic E-state index is -0.143. The lowest BCUT2D eigenvalue weighted by atomic mass is 9.93. The summed E-state index contributed by atoms with van der Waals surface area (Å²) in [6.07, 6.45) is 0.611. The van der Waals surface area contributed by atoms with E-state index in [-0.39, 0.29) is 17.9 Å². The van der Waals surface area contributed by atoms with Crippen molar-refractivity contribution in [3.8, 4) is 0 Å². The van der Waals surface area contributed by atoms with Crippen molar-refractivity contribution < 1.29 is 4.79 Å². The van der Waals surface area contributed by atoms with Crippen LogP contribution in [0.3, 0.4) is 0 Å². The maximum atomic E-state index is 13.6. The smallest absolute Gasteiger partial charge is 0.320 e. The molecule has 3 aromatic rings. The van der Waals surface area contributed by atoms with Crippen LogP contribution in [0.5, 0.6) is 0 Å². The first-order valence-corrected chi connectivity index (χ1v) is 12.7. The number of urea groups is 1. The number of nitrogens with one attached hydrogen (secondary N) is 1. The zero-order valence-corrected chi connectivity index (χ0v) is 22.3. The average molecular weight is 518 g/mol. The van der Waals surface area contributed by atoms with Gasteiger partial charge >= 0.3 is 6.03 Å². The fourth-order valence-electron chi connectivity index (χ4n) is 3.92. The quantitative estimate of drug-likeness (QED) is 0.317. The SMILES string of the molecule is CC(C)c1cccc(C(C)C)c1NC(=O)N(CCc1ccc(Cl)cc1Cl)Cc1ccc(Cl)cc1. The first-order valence-electron chi connectivity index (χ1n) is 11.5. The Balaban J connectivity index is 1.89. The minimum absolute atomic E-state index is 0.143. The fourth-order valence-corrected chi connectivity index (χ4v) is 4.55. The Labute approximate surface area is 218 Å². The lowest BCUT2D eigenvalue weighted by Gasteiger charge is -2.26. The Kier molecular flexibility index (Phi) is 9.30. The van der Waals surface area contributed by atoms with Crippen molar-refractivity contribution in [1.29, 1.82) is 0 Å². The van der Waals surface area contributed by atoms with Crippen LogP contribution in [0.2, 0.25) is 15.1 Å². The van der Waals surface area contributed by atoms with Crippen LogP contribution in [0.1, 0.15) is 61.8 Å². The summed E-state index contributed by atoms with van der Waals surface area (Å²) in [6.45, 7) is 9.52. The molecule has 0 aromatic heterocycles. The summed E-state index contributed by atoms with van der Waals surface area (Å²) in [5, 5.41) is 5.10. The molecule has 180 valence electrons. The molecule has 6 heteroatoms. The van der Waals surface area contributed by atoms with Crippen molar-refractivity contribution >= 4 is 46.5 Å². The second kappa shape index (κ2) is 12.0. The molecule has 0 radical (unpaired) electrons. The molecule has 0 saturated carbocycles. The Morgan fingerprint density at radius 3 is 2.00 bits per heavy atom. The summed E-state index contributed by atoms with van der Waals surface area (Å²) in [7, 11) is 0. The average Bonchev–Trinajstić information content (AvgIpc) is 2.78. The van der Waals surface area contributed by atoms with E-state index in [2.05, 4.69) is 51.2 Å². The lowest BCUT2D eigenvalue weighted by Crippen LogP contribution is -2.36. The van der Waals surface area contributed by atoms with Crippen molar-refractivity contribution in [2.45, 2.75) is 52.5 Å². The number of hydrogen-bond donors (Lipinski definition) is 1. The van der Waals surface area contributed by atoms with E-state index >= 15 is 0 Å². The molecule has 0 aliphatic rings. The van der Waals surface area contributed by atoms with Crippen LogP contribution in [0.15, 0.2) is 60.7 Å². The summed E-state index contributed by atoms with van der Waals surface area (Å²) in [4.78, 5) is 15.4. The lowest BCUT2D eigenvalue weighted by molar-refractivity contribution is 0.209. The van der Waals surface area contributed by atoms with E-state index in [1.165, 1.54) is 0 Å². The van der Waals surface area contributed by atoms with Gasteiger partial charge < -0.3 is 10.2 Å². The first kappa shape index (κ1) is 26.4. The van der Waals surface area contributed by atoms with Crippen LogP contribution in [0, 0.1) is 0 Å². The number of carbonyl (C=O) groups is 1. The maximum absolute atomic E-state index is 13.6. The third-order valence-corrected chi connectivity index (χ3v) is 6.68. The summed E-state index contributed by atoms with van der Waals surface area (Å²) >= 11 is 18.5. The van der Waals surface area contributed by atoms with Gasteiger partial charge in [0.1, 0.15) is 0 Å². The topological polar surface area (TPSA) is 32.3 Å². The molecule has 0 saturated heterocycles. The molecule has 0 heterocycles. The highest BCUT2D eigenvalue weighted by molar-refractivity contribution is 6.35. The monoisotopic (exact) mass is 516 g/mol. The van der Waals surface area contributed by atoms with Crippen molar-refractivity contribution in [2.24, 2.45) is 0 Å². The highest BCUT2D eigenvalue weighted by atomic mass is 35.5. The molecule has 0 fully saturated rings. The molecule has 2 amide bonds. The molecule has 34 heavy (non-hydrogen) atoms. The molecule has 0 unspecified atom stereocenters. The molecule has 0 aliphatic heterocycles. The van der Waals surface area contributed by atoms with Gasteiger partial charge in [0.25, 0.3) is 0 Å². The standard InChI is InChI=1S/C28H31Cl3N2O/c1-18(2)24-6-5-7-25(19(3)4)27(24)32-28(34)33(17-20-8-11-22(29)12-9-20)15-14-21-10-13-23(30)16-26(21)31/h5-13,16,18-19H,14-15,17H2,1-4H3,(H,32,34). The molecule has 0 bridgehead atoms. The van der Waals surface area contributed by atoms with Crippen LogP contribution in [0.4, 0.5) is 10.5 Å². The Hall–Kier alpha value is -2.20. The van der Waals surface area contributed by atoms with Gasteiger partial charge in [-0.1, -0.05) is 98.9 Å². The number of halogens is 3. The van der Waals surface area contributed by atoms with Gasteiger partial charge in [-0.15, -0.1) is 0 Å². The van der Waals surface area contributed by atoms with Crippen LogP contribution in [-0.4, -0.2) is 17.5 Å². The van der Waals surface area contributed by atoms with E-state index in [4.69, 9.17) is 34.8 Å². The second-order valence-corrected chi connectivity index (χ2v) is 10.4. The van der Waals surface area contributed by atoms with Gasteiger partial charge in [-0.05, 0) is 64.8 Å². The van der Waals surface area contributed by atoms with E-state index < -0.39 is 0 Å². The third-order valence-electron chi connectivity index (χ3n) is 5.84. The number of hydrogen-bond acceptors (Lipinski definition) is 1. The molecule has 0 spiro atoms. The van der Waals surface area contributed by atoms with E-state index in [0.717, 1.165) is 27.9 Å². The van der Waals surface area contributed by atoms with E-state index in [1.54, 1.807) is 6.07 Å². The summed E-state index contributed by atoms with van der Waals surface area (Å²) in [5.74, 6) is 0.568. The Bertz CT molecular complexity index is 1100. The molecule has 3 aromatic carbocycles. The minimum Gasteiger partial charge on any atom is -0.320 e. The molecule has 1 N–H and O–H groups in total. The van der Waals surface area contributed by atoms with Gasteiger partial charge in [0.15, 0.2) is 0 Å². The van der Waals surface area contributed by atoms with Gasteiger partial charge in [-0.2, -0.15) is 0 Å². The van der Waals surface area contributed by atoms with Crippen molar-refractivity contribution in [3.05, 3.63) is 98.0 Å².